The molecule has 0 aromatic heterocycles. The van der Waals surface area contributed by atoms with E-state index < -0.39 is 5.97 Å². The van der Waals surface area contributed by atoms with Crippen LogP contribution in [0.25, 0.3) is 6.08 Å². The zero-order valence-corrected chi connectivity index (χ0v) is 13.7. The highest BCUT2D eigenvalue weighted by molar-refractivity contribution is 9.11. The SMILES string of the molecule is COC(C)COc1c(Br)cc(/C=C/C(=O)O)cc1Br. The number of ether oxygens (including phenoxy) is 2. The number of rotatable bonds is 6. The smallest absolute Gasteiger partial charge is 0.328 e. The van der Waals surface area contributed by atoms with Crippen molar-refractivity contribution in [3.8, 4) is 5.75 Å². The standard InChI is InChI=1S/C13H14Br2O4/c1-8(18-2)7-19-13-10(14)5-9(6-11(13)15)3-4-12(16)17/h3-6,8H,7H2,1-2H3,(H,16,17)/b4-3+. The van der Waals surface area contributed by atoms with E-state index in [1.54, 1.807) is 19.2 Å². The Balaban J connectivity index is 2.88. The van der Waals surface area contributed by atoms with Gasteiger partial charge in [-0.1, -0.05) is 0 Å². The van der Waals surface area contributed by atoms with Crippen molar-refractivity contribution in [1.82, 2.24) is 0 Å². The first-order chi connectivity index (χ1) is 8.93. The molecule has 0 heterocycles. The number of carbonyl (C=O) groups is 1. The van der Waals surface area contributed by atoms with Gasteiger partial charge in [0.25, 0.3) is 0 Å². The molecule has 1 rings (SSSR count). The third-order valence-electron chi connectivity index (χ3n) is 2.30. The highest BCUT2D eigenvalue weighted by Crippen LogP contribution is 2.35. The number of hydrogen-bond acceptors (Lipinski definition) is 3. The number of methoxy groups -OCH3 is 1. The molecule has 104 valence electrons. The fourth-order valence-corrected chi connectivity index (χ4v) is 2.70. The summed E-state index contributed by atoms with van der Waals surface area (Å²) in [7, 11) is 1.62. The molecule has 0 radical (unpaired) electrons. The van der Waals surface area contributed by atoms with Gasteiger partial charge in [-0.2, -0.15) is 0 Å². The van der Waals surface area contributed by atoms with Gasteiger partial charge in [0.05, 0.1) is 15.0 Å². The van der Waals surface area contributed by atoms with Crippen LogP contribution in [0.2, 0.25) is 0 Å². The third kappa shape index (κ3) is 5.34. The van der Waals surface area contributed by atoms with Crippen molar-refractivity contribution in [3.05, 3.63) is 32.7 Å². The average molecular weight is 394 g/mol. The van der Waals surface area contributed by atoms with Gasteiger partial charge in [-0.25, -0.2) is 4.79 Å². The summed E-state index contributed by atoms with van der Waals surface area (Å²) in [5.41, 5.74) is 0.758. The molecule has 0 fully saturated rings. The zero-order chi connectivity index (χ0) is 14.4. The van der Waals surface area contributed by atoms with E-state index in [2.05, 4.69) is 31.9 Å². The first-order valence-corrected chi connectivity index (χ1v) is 7.08. The maximum atomic E-state index is 10.5. The van der Waals surface area contributed by atoms with Gasteiger partial charge in [0.1, 0.15) is 12.4 Å². The lowest BCUT2D eigenvalue weighted by molar-refractivity contribution is -0.131. The van der Waals surface area contributed by atoms with Gasteiger partial charge in [0.15, 0.2) is 0 Å². The lowest BCUT2D eigenvalue weighted by Crippen LogP contribution is -2.16. The largest absolute Gasteiger partial charge is 0.489 e. The molecular formula is C13H14Br2O4. The Labute approximate surface area is 128 Å². The van der Waals surface area contributed by atoms with Crippen LogP contribution in [-0.2, 0) is 9.53 Å². The number of halogens is 2. The van der Waals surface area contributed by atoms with Crippen molar-refractivity contribution in [2.45, 2.75) is 13.0 Å². The van der Waals surface area contributed by atoms with E-state index in [0.29, 0.717) is 12.4 Å². The first-order valence-electron chi connectivity index (χ1n) is 5.49. The monoisotopic (exact) mass is 392 g/mol. The zero-order valence-electron chi connectivity index (χ0n) is 10.5. The molecule has 0 amide bonds. The molecule has 0 aliphatic heterocycles. The van der Waals surface area contributed by atoms with E-state index in [-0.39, 0.29) is 6.10 Å². The summed E-state index contributed by atoms with van der Waals surface area (Å²) < 4.78 is 12.2. The van der Waals surface area contributed by atoms with Crippen molar-refractivity contribution in [2.24, 2.45) is 0 Å². The van der Waals surface area contributed by atoms with Crippen LogP contribution in [0.4, 0.5) is 0 Å². The summed E-state index contributed by atoms with van der Waals surface area (Å²) in [5, 5.41) is 8.59. The predicted octanol–water partition coefficient (Wildman–Crippen LogP) is 3.72. The van der Waals surface area contributed by atoms with Crippen LogP contribution in [0.5, 0.6) is 5.75 Å². The Morgan fingerprint density at radius 1 is 1.42 bits per heavy atom. The van der Waals surface area contributed by atoms with E-state index >= 15 is 0 Å². The highest BCUT2D eigenvalue weighted by atomic mass is 79.9. The lowest BCUT2D eigenvalue weighted by atomic mass is 10.2. The lowest BCUT2D eigenvalue weighted by Gasteiger charge is -2.14. The normalized spacial score (nSPS) is 12.6. The molecule has 1 N–H and O–H groups in total. The molecular weight excluding hydrogens is 380 g/mol. The first kappa shape index (κ1) is 16.2. The number of hydrogen-bond donors (Lipinski definition) is 1. The number of carboxylic acids is 1. The quantitative estimate of drug-likeness (QED) is 0.748. The van der Waals surface area contributed by atoms with Crippen molar-refractivity contribution in [3.63, 3.8) is 0 Å². The van der Waals surface area contributed by atoms with Crippen molar-refractivity contribution < 1.29 is 19.4 Å². The number of benzene rings is 1. The molecule has 0 saturated heterocycles. The van der Waals surface area contributed by atoms with Gasteiger partial charge >= 0.3 is 5.97 Å². The van der Waals surface area contributed by atoms with Gasteiger partial charge in [-0.15, -0.1) is 0 Å². The van der Waals surface area contributed by atoms with Crippen molar-refractivity contribution in [1.29, 1.82) is 0 Å². The molecule has 6 heteroatoms. The molecule has 0 bridgehead atoms. The van der Waals surface area contributed by atoms with Gasteiger partial charge in [0, 0.05) is 13.2 Å². The van der Waals surface area contributed by atoms with Crippen molar-refractivity contribution in [2.75, 3.05) is 13.7 Å². The number of aliphatic carboxylic acids is 1. The molecule has 0 aliphatic rings. The van der Waals surface area contributed by atoms with Crippen LogP contribution in [0, 0.1) is 0 Å². The van der Waals surface area contributed by atoms with E-state index in [0.717, 1.165) is 20.6 Å². The fraction of sp³-hybridized carbons (Fsp3) is 0.308. The maximum Gasteiger partial charge on any atom is 0.328 e. The summed E-state index contributed by atoms with van der Waals surface area (Å²) >= 11 is 6.80. The summed E-state index contributed by atoms with van der Waals surface area (Å²) in [6.07, 6.45) is 2.59. The Morgan fingerprint density at radius 2 is 2.00 bits per heavy atom. The second kappa shape index (κ2) is 7.67. The van der Waals surface area contributed by atoms with Gasteiger partial charge in [-0.3, -0.25) is 0 Å². The van der Waals surface area contributed by atoms with E-state index in [4.69, 9.17) is 14.6 Å². The second-order valence-electron chi connectivity index (χ2n) is 3.84. The van der Waals surface area contributed by atoms with Crippen LogP contribution in [0.3, 0.4) is 0 Å². The van der Waals surface area contributed by atoms with Crippen LogP contribution < -0.4 is 4.74 Å². The molecule has 0 aliphatic carbocycles. The predicted molar refractivity (Wildman–Crippen MR) is 80.5 cm³/mol. The van der Waals surface area contributed by atoms with Gasteiger partial charge in [-0.05, 0) is 62.6 Å². The topological polar surface area (TPSA) is 55.8 Å². The molecule has 1 aromatic rings. The molecule has 0 saturated carbocycles. The third-order valence-corrected chi connectivity index (χ3v) is 3.48. The van der Waals surface area contributed by atoms with Crippen LogP contribution >= 0.6 is 31.9 Å². The van der Waals surface area contributed by atoms with Gasteiger partial charge in [0.2, 0.25) is 0 Å². The Hall–Kier alpha value is -0.850. The second-order valence-corrected chi connectivity index (χ2v) is 5.55. The summed E-state index contributed by atoms with van der Waals surface area (Å²) in [4.78, 5) is 10.5. The summed E-state index contributed by atoms with van der Waals surface area (Å²) in [6, 6.07) is 3.58. The Kier molecular flexibility index (Phi) is 6.54. The molecule has 0 spiro atoms. The van der Waals surface area contributed by atoms with Crippen LogP contribution in [0.15, 0.2) is 27.2 Å². The minimum absolute atomic E-state index is 0.00890. The molecule has 1 atom stereocenters. The number of carboxylic acid groups (broad SMARTS) is 1. The van der Waals surface area contributed by atoms with E-state index in [1.807, 2.05) is 6.92 Å². The minimum Gasteiger partial charge on any atom is -0.489 e. The molecule has 4 nitrogen and oxygen atoms in total. The molecule has 1 unspecified atom stereocenters. The van der Waals surface area contributed by atoms with Crippen molar-refractivity contribution >= 4 is 43.9 Å². The maximum absolute atomic E-state index is 10.5. The van der Waals surface area contributed by atoms with E-state index in [9.17, 15) is 4.79 Å². The summed E-state index contributed by atoms with van der Waals surface area (Å²) in [5.74, 6) is -0.321. The highest BCUT2D eigenvalue weighted by Gasteiger charge is 2.10. The van der Waals surface area contributed by atoms with Gasteiger partial charge < -0.3 is 14.6 Å². The Bertz CT molecular complexity index is 463. The van der Waals surface area contributed by atoms with Crippen LogP contribution in [-0.4, -0.2) is 30.9 Å². The molecule has 1 aromatic carbocycles. The summed E-state index contributed by atoms with van der Waals surface area (Å²) in [6.45, 7) is 2.34. The van der Waals surface area contributed by atoms with Crippen LogP contribution in [0.1, 0.15) is 12.5 Å². The fourth-order valence-electron chi connectivity index (χ4n) is 1.25. The minimum atomic E-state index is -0.985. The Morgan fingerprint density at radius 3 is 2.47 bits per heavy atom. The average Bonchev–Trinajstić information content (AvgIpc) is 2.34. The van der Waals surface area contributed by atoms with E-state index in [1.165, 1.54) is 6.08 Å². The molecule has 19 heavy (non-hydrogen) atoms.